The first-order chi connectivity index (χ1) is 21.3. The lowest BCUT2D eigenvalue weighted by Gasteiger charge is -2.18. The minimum absolute atomic E-state index is 0.875. The zero-order valence-electron chi connectivity index (χ0n) is 24.0. The van der Waals surface area contributed by atoms with Crippen LogP contribution in [0.1, 0.15) is 12.7 Å². The standard InChI is InChI=1S/C41H30N2/c1-2-39-42-37-18-10-11-19-38(37)43(39)32-26-24-31(25-27-32)41-35-16-8-6-14-33(35)40(34-15-7-9-17-36(34)41)30-22-20-29(21-23-30)28-12-4-3-5-13-28/h3-27H,2H2,1H3. The normalized spacial score (nSPS) is 11.5. The molecule has 2 nitrogen and oxygen atoms in total. The van der Waals surface area contributed by atoms with Gasteiger partial charge in [0, 0.05) is 12.1 Å². The number of imidazole rings is 1. The molecule has 43 heavy (non-hydrogen) atoms. The molecule has 0 N–H and O–H groups in total. The Bertz CT molecular complexity index is 2180. The van der Waals surface area contributed by atoms with Gasteiger partial charge in [0.05, 0.1) is 11.0 Å². The van der Waals surface area contributed by atoms with E-state index in [9.17, 15) is 0 Å². The predicted octanol–water partition coefficient (Wildman–Crippen LogP) is 10.9. The molecule has 0 saturated heterocycles. The van der Waals surface area contributed by atoms with Crippen LogP contribution in [0.15, 0.2) is 152 Å². The molecule has 0 saturated carbocycles. The first-order valence-electron chi connectivity index (χ1n) is 15.0. The van der Waals surface area contributed by atoms with Crippen LogP contribution in [0.5, 0.6) is 0 Å². The smallest absolute Gasteiger partial charge is 0.114 e. The Balaban J connectivity index is 1.30. The van der Waals surface area contributed by atoms with Crippen molar-refractivity contribution in [1.29, 1.82) is 0 Å². The maximum atomic E-state index is 4.89. The number of hydrogen-bond donors (Lipinski definition) is 0. The highest BCUT2D eigenvalue weighted by molar-refractivity contribution is 6.21. The molecule has 0 aliphatic heterocycles. The third kappa shape index (κ3) is 4.23. The number of fused-ring (bicyclic) bond motifs is 3. The van der Waals surface area contributed by atoms with Crippen molar-refractivity contribution in [3.05, 3.63) is 157 Å². The van der Waals surface area contributed by atoms with E-state index in [1.807, 2.05) is 0 Å². The summed E-state index contributed by atoms with van der Waals surface area (Å²) in [5.41, 5.74) is 10.8. The lowest BCUT2D eigenvalue weighted by atomic mass is 9.85. The number of para-hydroxylation sites is 2. The molecule has 0 amide bonds. The van der Waals surface area contributed by atoms with Crippen LogP contribution < -0.4 is 0 Å². The van der Waals surface area contributed by atoms with Gasteiger partial charge in [0.1, 0.15) is 5.82 Å². The third-order valence-corrected chi connectivity index (χ3v) is 8.57. The van der Waals surface area contributed by atoms with Gasteiger partial charge in [-0.15, -0.1) is 0 Å². The average Bonchev–Trinajstić information content (AvgIpc) is 3.47. The van der Waals surface area contributed by atoms with Gasteiger partial charge in [-0.3, -0.25) is 4.57 Å². The van der Waals surface area contributed by atoms with Gasteiger partial charge in [0.2, 0.25) is 0 Å². The molecule has 0 atom stereocenters. The number of aryl methyl sites for hydroxylation is 1. The van der Waals surface area contributed by atoms with Gasteiger partial charge < -0.3 is 0 Å². The number of aromatic nitrogens is 2. The summed E-state index contributed by atoms with van der Waals surface area (Å²) in [5, 5.41) is 5.06. The Hall–Kier alpha value is -5.47. The largest absolute Gasteiger partial charge is 0.296 e. The number of hydrogen-bond acceptors (Lipinski definition) is 1. The zero-order valence-corrected chi connectivity index (χ0v) is 24.0. The van der Waals surface area contributed by atoms with Gasteiger partial charge in [0.15, 0.2) is 0 Å². The highest BCUT2D eigenvalue weighted by Crippen LogP contribution is 2.44. The van der Waals surface area contributed by atoms with E-state index in [1.165, 1.54) is 54.9 Å². The van der Waals surface area contributed by atoms with Crippen LogP contribution in [-0.2, 0) is 6.42 Å². The Morgan fingerprint density at radius 3 is 1.44 bits per heavy atom. The molecule has 0 radical (unpaired) electrons. The Kier molecular flexibility index (Phi) is 6.12. The van der Waals surface area contributed by atoms with Crippen LogP contribution in [-0.4, -0.2) is 9.55 Å². The van der Waals surface area contributed by atoms with Gasteiger partial charge in [-0.25, -0.2) is 4.98 Å². The Labute approximate surface area is 251 Å². The molecular formula is C41H30N2. The molecule has 0 spiro atoms. The molecule has 0 fully saturated rings. The van der Waals surface area contributed by atoms with Crippen molar-refractivity contribution in [3.63, 3.8) is 0 Å². The number of benzene rings is 7. The zero-order chi connectivity index (χ0) is 28.8. The second kappa shape index (κ2) is 10.4. The Morgan fingerprint density at radius 2 is 0.884 bits per heavy atom. The van der Waals surface area contributed by atoms with E-state index in [0.29, 0.717) is 0 Å². The van der Waals surface area contributed by atoms with Gasteiger partial charge in [-0.1, -0.05) is 134 Å². The maximum Gasteiger partial charge on any atom is 0.114 e. The van der Waals surface area contributed by atoms with Crippen molar-refractivity contribution >= 4 is 32.6 Å². The molecule has 0 aliphatic carbocycles. The summed E-state index contributed by atoms with van der Waals surface area (Å²) in [7, 11) is 0. The molecular weight excluding hydrogens is 520 g/mol. The van der Waals surface area contributed by atoms with E-state index >= 15 is 0 Å². The van der Waals surface area contributed by atoms with E-state index in [4.69, 9.17) is 4.98 Å². The lowest BCUT2D eigenvalue weighted by molar-refractivity contribution is 0.908. The van der Waals surface area contributed by atoms with Gasteiger partial charge in [0.25, 0.3) is 0 Å². The topological polar surface area (TPSA) is 17.8 Å². The van der Waals surface area contributed by atoms with Crippen molar-refractivity contribution < 1.29 is 0 Å². The van der Waals surface area contributed by atoms with Crippen molar-refractivity contribution in [2.24, 2.45) is 0 Å². The summed E-state index contributed by atoms with van der Waals surface area (Å²) in [6.45, 7) is 2.17. The first kappa shape index (κ1) is 25.3. The maximum absolute atomic E-state index is 4.89. The van der Waals surface area contributed by atoms with Gasteiger partial charge >= 0.3 is 0 Å². The van der Waals surface area contributed by atoms with Crippen LogP contribution in [0.3, 0.4) is 0 Å². The van der Waals surface area contributed by atoms with Crippen LogP contribution >= 0.6 is 0 Å². The summed E-state index contributed by atoms with van der Waals surface area (Å²) >= 11 is 0. The van der Waals surface area contributed by atoms with Crippen molar-refractivity contribution in [3.8, 4) is 39.1 Å². The number of rotatable bonds is 5. The first-order valence-corrected chi connectivity index (χ1v) is 15.0. The molecule has 7 aromatic carbocycles. The van der Waals surface area contributed by atoms with Crippen LogP contribution in [0.25, 0.3) is 71.6 Å². The molecule has 0 unspecified atom stereocenters. The fraction of sp³-hybridized carbons (Fsp3) is 0.0488. The lowest BCUT2D eigenvalue weighted by Crippen LogP contribution is -2.00. The average molecular weight is 551 g/mol. The third-order valence-electron chi connectivity index (χ3n) is 8.57. The van der Waals surface area contributed by atoms with E-state index in [0.717, 1.165) is 29.0 Å². The summed E-state index contributed by atoms with van der Waals surface area (Å²) in [5.74, 6) is 1.08. The SMILES string of the molecule is CCc1nc2ccccc2n1-c1ccc(-c2c3ccccc3c(-c3ccc(-c4ccccc4)cc3)c3ccccc23)cc1. The van der Waals surface area contributed by atoms with Crippen LogP contribution in [0.4, 0.5) is 0 Å². The van der Waals surface area contributed by atoms with Gasteiger partial charge in [-0.2, -0.15) is 0 Å². The molecule has 1 aromatic heterocycles. The van der Waals surface area contributed by atoms with Crippen molar-refractivity contribution in [1.82, 2.24) is 9.55 Å². The van der Waals surface area contributed by atoms with E-state index in [2.05, 4.69) is 163 Å². The molecule has 0 aliphatic rings. The van der Waals surface area contributed by atoms with Crippen molar-refractivity contribution in [2.45, 2.75) is 13.3 Å². The molecule has 204 valence electrons. The van der Waals surface area contributed by atoms with Gasteiger partial charge in [-0.05, 0) is 79.2 Å². The summed E-state index contributed by atoms with van der Waals surface area (Å²) in [4.78, 5) is 4.89. The molecule has 8 rings (SSSR count). The van der Waals surface area contributed by atoms with E-state index in [1.54, 1.807) is 0 Å². The summed E-state index contributed by atoms with van der Waals surface area (Å²) in [6.07, 6.45) is 0.875. The predicted molar refractivity (Wildman–Crippen MR) is 182 cm³/mol. The fourth-order valence-electron chi connectivity index (χ4n) is 6.59. The van der Waals surface area contributed by atoms with E-state index < -0.39 is 0 Å². The molecule has 1 heterocycles. The highest BCUT2D eigenvalue weighted by Gasteiger charge is 2.17. The summed E-state index contributed by atoms with van der Waals surface area (Å²) in [6, 6.07) is 54.7. The number of nitrogens with zero attached hydrogens (tertiary/aromatic N) is 2. The van der Waals surface area contributed by atoms with Crippen LogP contribution in [0, 0.1) is 0 Å². The molecule has 8 aromatic rings. The highest BCUT2D eigenvalue weighted by atomic mass is 15.1. The Morgan fingerprint density at radius 1 is 0.442 bits per heavy atom. The molecule has 0 bridgehead atoms. The minimum Gasteiger partial charge on any atom is -0.296 e. The monoisotopic (exact) mass is 550 g/mol. The van der Waals surface area contributed by atoms with Crippen molar-refractivity contribution in [2.75, 3.05) is 0 Å². The van der Waals surface area contributed by atoms with E-state index in [-0.39, 0.29) is 0 Å². The molecule has 2 heteroatoms. The fourth-order valence-corrected chi connectivity index (χ4v) is 6.59. The van der Waals surface area contributed by atoms with Crippen LogP contribution in [0.2, 0.25) is 0 Å². The summed E-state index contributed by atoms with van der Waals surface area (Å²) < 4.78 is 2.29. The second-order valence-electron chi connectivity index (χ2n) is 11.0. The second-order valence-corrected chi connectivity index (χ2v) is 11.0. The minimum atomic E-state index is 0.875. The quantitative estimate of drug-likeness (QED) is 0.195.